The first kappa shape index (κ1) is 19.4. The van der Waals surface area contributed by atoms with Gasteiger partial charge >= 0.3 is 6.18 Å². The van der Waals surface area contributed by atoms with Gasteiger partial charge < -0.3 is 9.80 Å². The van der Waals surface area contributed by atoms with Gasteiger partial charge in [0.25, 0.3) is 5.91 Å². The normalized spacial score (nSPS) is 18.0. The first-order valence-corrected chi connectivity index (χ1v) is 9.03. The van der Waals surface area contributed by atoms with Gasteiger partial charge in [-0.3, -0.25) is 9.59 Å². The molecule has 1 atom stereocenters. The van der Waals surface area contributed by atoms with Crippen LogP contribution in [0.5, 0.6) is 0 Å². The van der Waals surface area contributed by atoms with Crippen molar-refractivity contribution in [2.24, 2.45) is 0 Å². The highest BCUT2D eigenvalue weighted by atomic mass is 79.9. The number of rotatable bonds is 2. The molecule has 27 heavy (non-hydrogen) atoms. The summed E-state index contributed by atoms with van der Waals surface area (Å²) >= 11 is 3.31. The number of benzene rings is 2. The van der Waals surface area contributed by atoms with E-state index in [1.165, 1.54) is 21.9 Å². The molecule has 1 fully saturated rings. The standard InChI is InChI=1S/C19H16BrF3N2O2/c1-12-17(26)25(16-7-3-5-14(11-16)19(21,22)23)9-8-24(12)18(27)13-4-2-6-15(20)10-13/h2-7,10-12H,8-9H2,1H3/t12-/m1/s1. The van der Waals surface area contributed by atoms with Crippen LogP contribution in [-0.4, -0.2) is 35.8 Å². The van der Waals surface area contributed by atoms with Crippen molar-refractivity contribution in [2.45, 2.75) is 19.1 Å². The minimum atomic E-state index is -4.48. The van der Waals surface area contributed by atoms with Crippen LogP contribution < -0.4 is 4.90 Å². The molecule has 8 heteroatoms. The molecule has 4 nitrogen and oxygen atoms in total. The Morgan fingerprint density at radius 2 is 1.81 bits per heavy atom. The van der Waals surface area contributed by atoms with E-state index in [2.05, 4.69) is 15.9 Å². The van der Waals surface area contributed by atoms with E-state index in [-0.39, 0.29) is 24.7 Å². The number of hydrogen-bond donors (Lipinski definition) is 0. The Balaban J connectivity index is 1.82. The summed E-state index contributed by atoms with van der Waals surface area (Å²) in [4.78, 5) is 28.2. The van der Waals surface area contributed by atoms with Gasteiger partial charge in [-0.15, -0.1) is 0 Å². The minimum absolute atomic E-state index is 0.129. The molecule has 1 aliphatic rings. The van der Waals surface area contributed by atoms with E-state index in [0.29, 0.717) is 5.56 Å². The third-order valence-electron chi connectivity index (χ3n) is 4.47. The van der Waals surface area contributed by atoms with E-state index >= 15 is 0 Å². The van der Waals surface area contributed by atoms with Crippen molar-refractivity contribution in [3.63, 3.8) is 0 Å². The summed E-state index contributed by atoms with van der Waals surface area (Å²) in [5, 5.41) is 0. The average molecular weight is 441 g/mol. The van der Waals surface area contributed by atoms with Crippen molar-refractivity contribution in [3.8, 4) is 0 Å². The third-order valence-corrected chi connectivity index (χ3v) is 4.97. The zero-order valence-corrected chi connectivity index (χ0v) is 15.9. The molecule has 2 amide bonds. The number of carbonyl (C=O) groups is 2. The Hall–Kier alpha value is -2.35. The van der Waals surface area contributed by atoms with Gasteiger partial charge in [0, 0.05) is 28.8 Å². The van der Waals surface area contributed by atoms with Crippen molar-refractivity contribution in [3.05, 3.63) is 64.1 Å². The molecule has 2 aromatic carbocycles. The molecule has 1 saturated heterocycles. The number of alkyl halides is 3. The van der Waals surface area contributed by atoms with Gasteiger partial charge in [-0.05, 0) is 43.3 Å². The quantitative estimate of drug-likeness (QED) is 0.696. The molecule has 0 bridgehead atoms. The fraction of sp³-hybridized carbons (Fsp3) is 0.263. The Bertz CT molecular complexity index is 885. The number of piperazine rings is 1. The van der Waals surface area contributed by atoms with Crippen molar-refractivity contribution in [1.82, 2.24) is 4.90 Å². The van der Waals surface area contributed by atoms with Crippen LogP contribution in [0.4, 0.5) is 18.9 Å². The lowest BCUT2D eigenvalue weighted by Crippen LogP contribution is -2.57. The molecular weight excluding hydrogens is 425 g/mol. The molecule has 3 rings (SSSR count). The van der Waals surface area contributed by atoms with Gasteiger partial charge in [-0.2, -0.15) is 13.2 Å². The molecule has 1 aliphatic heterocycles. The second-order valence-electron chi connectivity index (χ2n) is 6.22. The second-order valence-corrected chi connectivity index (χ2v) is 7.14. The second kappa shape index (κ2) is 7.34. The van der Waals surface area contributed by atoms with E-state index < -0.39 is 23.7 Å². The largest absolute Gasteiger partial charge is 0.416 e. The molecule has 2 aromatic rings. The highest BCUT2D eigenvalue weighted by molar-refractivity contribution is 9.10. The van der Waals surface area contributed by atoms with E-state index in [4.69, 9.17) is 0 Å². The Kier molecular flexibility index (Phi) is 5.28. The van der Waals surface area contributed by atoms with Crippen LogP contribution in [0.25, 0.3) is 0 Å². The summed E-state index contributed by atoms with van der Waals surface area (Å²) in [5.41, 5.74) is -0.194. The fourth-order valence-corrected chi connectivity index (χ4v) is 3.44. The van der Waals surface area contributed by atoms with Crippen LogP contribution in [0.3, 0.4) is 0 Å². The maximum atomic E-state index is 12.9. The van der Waals surface area contributed by atoms with Gasteiger partial charge in [-0.1, -0.05) is 28.1 Å². The summed E-state index contributed by atoms with van der Waals surface area (Å²) in [6, 6.07) is 10.7. The molecule has 1 heterocycles. The molecule has 0 aromatic heterocycles. The Morgan fingerprint density at radius 3 is 2.48 bits per heavy atom. The maximum absolute atomic E-state index is 12.9. The highest BCUT2D eigenvalue weighted by Gasteiger charge is 2.36. The fourth-order valence-electron chi connectivity index (χ4n) is 3.04. The Labute approximate surface area is 162 Å². The smallest absolute Gasteiger partial charge is 0.325 e. The van der Waals surface area contributed by atoms with Crippen molar-refractivity contribution < 1.29 is 22.8 Å². The van der Waals surface area contributed by atoms with Gasteiger partial charge in [0.15, 0.2) is 0 Å². The Morgan fingerprint density at radius 1 is 1.11 bits per heavy atom. The van der Waals surface area contributed by atoms with E-state index in [1.807, 2.05) is 0 Å². The van der Waals surface area contributed by atoms with E-state index in [9.17, 15) is 22.8 Å². The third kappa shape index (κ3) is 4.00. The van der Waals surface area contributed by atoms with Crippen LogP contribution >= 0.6 is 15.9 Å². The molecule has 142 valence electrons. The first-order valence-electron chi connectivity index (χ1n) is 8.23. The number of halogens is 4. The minimum Gasteiger partial charge on any atom is -0.325 e. The number of amides is 2. The van der Waals surface area contributed by atoms with Gasteiger partial charge in [0.05, 0.1) is 5.56 Å². The molecular formula is C19H16BrF3N2O2. The predicted molar refractivity (Wildman–Crippen MR) is 98.4 cm³/mol. The lowest BCUT2D eigenvalue weighted by molar-refractivity contribution is -0.137. The molecule has 0 radical (unpaired) electrons. The lowest BCUT2D eigenvalue weighted by Gasteiger charge is -2.39. The van der Waals surface area contributed by atoms with Crippen LogP contribution in [-0.2, 0) is 11.0 Å². The molecule has 0 spiro atoms. The van der Waals surface area contributed by atoms with Crippen LogP contribution in [0.2, 0.25) is 0 Å². The van der Waals surface area contributed by atoms with Crippen molar-refractivity contribution >= 4 is 33.4 Å². The molecule has 0 unspecified atom stereocenters. The van der Waals surface area contributed by atoms with Crippen LogP contribution in [0.1, 0.15) is 22.8 Å². The SMILES string of the molecule is C[C@@H]1C(=O)N(c2cccc(C(F)(F)F)c2)CCN1C(=O)c1cccc(Br)c1. The van der Waals surface area contributed by atoms with Crippen molar-refractivity contribution in [2.75, 3.05) is 18.0 Å². The molecule has 0 N–H and O–H groups in total. The zero-order chi connectivity index (χ0) is 19.8. The zero-order valence-electron chi connectivity index (χ0n) is 14.3. The number of carbonyl (C=O) groups excluding carboxylic acids is 2. The van der Waals surface area contributed by atoms with Crippen LogP contribution in [0.15, 0.2) is 53.0 Å². The predicted octanol–water partition coefficient (Wildman–Crippen LogP) is 4.35. The highest BCUT2D eigenvalue weighted by Crippen LogP contribution is 2.32. The summed E-state index contributed by atoms with van der Waals surface area (Å²) in [5.74, 6) is -0.704. The number of anilines is 1. The van der Waals surface area contributed by atoms with Gasteiger partial charge in [-0.25, -0.2) is 0 Å². The number of nitrogens with zero attached hydrogens (tertiary/aromatic N) is 2. The van der Waals surface area contributed by atoms with Crippen LogP contribution in [0, 0.1) is 0 Å². The first-order chi connectivity index (χ1) is 12.7. The van der Waals surface area contributed by atoms with E-state index in [0.717, 1.165) is 16.6 Å². The monoisotopic (exact) mass is 440 g/mol. The van der Waals surface area contributed by atoms with Crippen molar-refractivity contribution in [1.29, 1.82) is 0 Å². The summed E-state index contributed by atoms with van der Waals surface area (Å²) in [7, 11) is 0. The average Bonchev–Trinajstić information content (AvgIpc) is 2.63. The topological polar surface area (TPSA) is 40.6 Å². The maximum Gasteiger partial charge on any atom is 0.416 e. The summed E-state index contributed by atoms with van der Waals surface area (Å²) in [6.07, 6.45) is -4.48. The lowest BCUT2D eigenvalue weighted by atomic mass is 10.1. The molecule has 0 aliphatic carbocycles. The summed E-state index contributed by atoms with van der Waals surface area (Å²) < 4.78 is 39.6. The van der Waals surface area contributed by atoms with E-state index in [1.54, 1.807) is 31.2 Å². The van der Waals surface area contributed by atoms with Gasteiger partial charge in [0.2, 0.25) is 5.91 Å². The summed E-state index contributed by atoms with van der Waals surface area (Å²) in [6.45, 7) is 1.94. The van der Waals surface area contributed by atoms with Gasteiger partial charge in [0.1, 0.15) is 6.04 Å². The number of hydrogen-bond acceptors (Lipinski definition) is 2. The molecule has 0 saturated carbocycles.